The number of nitrogens with one attached hydrogen (secondary N) is 1. The van der Waals surface area contributed by atoms with Crippen molar-refractivity contribution in [2.24, 2.45) is 0 Å². The van der Waals surface area contributed by atoms with E-state index >= 15 is 0 Å². The number of carbonyl (C=O) groups excluding carboxylic acids is 1. The first-order chi connectivity index (χ1) is 12.3. The Hall–Kier alpha value is -2.88. The van der Waals surface area contributed by atoms with E-state index in [1.165, 1.54) is 5.69 Å². The van der Waals surface area contributed by atoms with Crippen molar-refractivity contribution >= 4 is 22.5 Å². The minimum atomic E-state index is -0.0404. The van der Waals surface area contributed by atoms with Crippen LogP contribution in [0.25, 0.3) is 10.9 Å². The maximum absolute atomic E-state index is 12.5. The number of aromatic nitrogens is 1. The molecule has 0 saturated heterocycles. The van der Waals surface area contributed by atoms with E-state index in [2.05, 4.69) is 34.3 Å². The molecule has 0 aliphatic carbocycles. The summed E-state index contributed by atoms with van der Waals surface area (Å²) in [5.74, 6) is -0.0404. The first-order valence-electron chi connectivity index (χ1n) is 8.71. The number of para-hydroxylation sites is 2. The van der Waals surface area contributed by atoms with Gasteiger partial charge in [-0.2, -0.15) is 0 Å². The Bertz CT molecular complexity index is 827. The third kappa shape index (κ3) is 4.15. The van der Waals surface area contributed by atoms with Crippen LogP contribution in [0.2, 0.25) is 0 Å². The summed E-state index contributed by atoms with van der Waals surface area (Å²) < 4.78 is 0. The Morgan fingerprint density at radius 3 is 2.60 bits per heavy atom. The summed E-state index contributed by atoms with van der Waals surface area (Å²) in [5, 5.41) is 3.92. The molecule has 0 aliphatic rings. The summed E-state index contributed by atoms with van der Waals surface area (Å²) in [5.41, 5.74) is 2.74. The second kappa shape index (κ2) is 8.29. The molecule has 0 atom stereocenters. The van der Waals surface area contributed by atoms with Gasteiger partial charge in [0.05, 0.1) is 11.1 Å². The monoisotopic (exact) mass is 333 g/mol. The van der Waals surface area contributed by atoms with Gasteiger partial charge in [-0.05, 0) is 37.6 Å². The van der Waals surface area contributed by atoms with Crippen LogP contribution in [-0.2, 0) is 0 Å². The summed E-state index contributed by atoms with van der Waals surface area (Å²) in [6.07, 6.45) is 2.59. The fourth-order valence-corrected chi connectivity index (χ4v) is 2.97. The van der Waals surface area contributed by atoms with Crippen LogP contribution in [0, 0.1) is 0 Å². The maximum atomic E-state index is 12.5. The lowest BCUT2D eigenvalue weighted by Crippen LogP contribution is -2.30. The van der Waals surface area contributed by atoms with Crippen LogP contribution >= 0.6 is 0 Å². The molecule has 0 spiro atoms. The molecule has 1 amide bonds. The predicted molar refractivity (Wildman–Crippen MR) is 103 cm³/mol. The number of fused-ring (bicyclic) bond motifs is 1. The number of hydrogen-bond acceptors (Lipinski definition) is 3. The van der Waals surface area contributed by atoms with Crippen molar-refractivity contribution in [3.63, 3.8) is 0 Å². The van der Waals surface area contributed by atoms with E-state index in [1.807, 2.05) is 42.5 Å². The van der Waals surface area contributed by atoms with Gasteiger partial charge in [-0.25, -0.2) is 0 Å². The van der Waals surface area contributed by atoms with Gasteiger partial charge in [-0.3, -0.25) is 9.78 Å². The first kappa shape index (κ1) is 17.0. The van der Waals surface area contributed by atoms with Gasteiger partial charge in [-0.15, -0.1) is 0 Å². The van der Waals surface area contributed by atoms with Crippen molar-refractivity contribution < 1.29 is 4.79 Å². The lowest BCUT2D eigenvalue weighted by atomic mass is 10.1. The quantitative estimate of drug-likeness (QED) is 0.667. The van der Waals surface area contributed by atoms with Crippen molar-refractivity contribution in [3.8, 4) is 0 Å². The number of anilines is 1. The van der Waals surface area contributed by atoms with Crippen molar-refractivity contribution in [1.29, 1.82) is 0 Å². The van der Waals surface area contributed by atoms with Crippen molar-refractivity contribution in [1.82, 2.24) is 10.3 Å². The van der Waals surface area contributed by atoms with Gasteiger partial charge < -0.3 is 10.2 Å². The van der Waals surface area contributed by atoms with Crippen LogP contribution in [0.15, 0.2) is 66.9 Å². The van der Waals surface area contributed by atoms with E-state index < -0.39 is 0 Å². The molecule has 25 heavy (non-hydrogen) atoms. The third-order valence-electron chi connectivity index (χ3n) is 4.29. The fraction of sp³-hybridized carbons (Fsp3) is 0.238. The van der Waals surface area contributed by atoms with Gasteiger partial charge in [0.1, 0.15) is 0 Å². The summed E-state index contributed by atoms with van der Waals surface area (Å²) >= 11 is 0. The Morgan fingerprint density at radius 1 is 1.04 bits per heavy atom. The molecule has 4 nitrogen and oxygen atoms in total. The van der Waals surface area contributed by atoms with E-state index in [9.17, 15) is 4.79 Å². The van der Waals surface area contributed by atoms with E-state index in [-0.39, 0.29) is 5.91 Å². The number of hydrogen-bond donors (Lipinski definition) is 1. The number of benzene rings is 2. The zero-order chi connectivity index (χ0) is 17.5. The molecule has 0 fully saturated rings. The SMILES string of the molecule is CCN(CCCNC(=O)c1ccnc2ccccc12)c1ccccc1. The molecular weight excluding hydrogens is 310 g/mol. The second-order valence-electron chi connectivity index (χ2n) is 5.90. The Morgan fingerprint density at radius 2 is 1.80 bits per heavy atom. The number of nitrogens with zero attached hydrogens (tertiary/aromatic N) is 2. The Balaban J connectivity index is 1.56. The summed E-state index contributed by atoms with van der Waals surface area (Å²) in [7, 11) is 0. The van der Waals surface area contributed by atoms with E-state index in [0.717, 1.165) is 30.4 Å². The minimum Gasteiger partial charge on any atom is -0.372 e. The third-order valence-corrected chi connectivity index (χ3v) is 4.29. The van der Waals surface area contributed by atoms with Crippen LogP contribution in [0.4, 0.5) is 5.69 Å². The van der Waals surface area contributed by atoms with Gasteiger partial charge >= 0.3 is 0 Å². The molecule has 0 aliphatic heterocycles. The molecule has 3 aromatic rings. The average molecular weight is 333 g/mol. The molecule has 0 unspecified atom stereocenters. The fourth-order valence-electron chi connectivity index (χ4n) is 2.97. The molecule has 1 heterocycles. The number of carbonyl (C=O) groups is 1. The van der Waals surface area contributed by atoms with E-state index in [0.29, 0.717) is 12.1 Å². The van der Waals surface area contributed by atoms with Gasteiger partial charge in [0.2, 0.25) is 0 Å². The molecule has 0 radical (unpaired) electrons. The number of rotatable bonds is 7. The smallest absolute Gasteiger partial charge is 0.252 e. The topological polar surface area (TPSA) is 45.2 Å². The molecule has 2 aromatic carbocycles. The van der Waals surface area contributed by atoms with Crippen LogP contribution in [-0.4, -0.2) is 30.5 Å². The van der Waals surface area contributed by atoms with Gasteiger partial charge in [-0.1, -0.05) is 36.4 Å². The van der Waals surface area contributed by atoms with Crippen LogP contribution < -0.4 is 10.2 Å². The van der Waals surface area contributed by atoms with E-state index in [4.69, 9.17) is 0 Å². The van der Waals surface area contributed by atoms with E-state index in [1.54, 1.807) is 12.3 Å². The van der Waals surface area contributed by atoms with Crippen LogP contribution in [0.3, 0.4) is 0 Å². The molecule has 128 valence electrons. The highest BCUT2D eigenvalue weighted by atomic mass is 16.1. The number of amides is 1. The molecule has 0 bridgehead atoms. The molecule has 1 aromatic heterocycles. The lowest BCUT2D eigenvalue weighted by molar-refractivity contribution is 0.0955. The zero-order valence-corrected chi connectivity index (χ0v) is 14.5. The lowest BCUT2D eigenvalue weighted by Gasteiger charge is -2.23. The summed E-state index contributed by atoms with van der Waals surface area (Å²) in [6.45, 7) is 4.67. The van der Waals surface area contributed by atoms with Crippen molar-refractivity contribution in [3.05, 3.63) is 72.4 Å². The normalized spacial score (nSPS) is 10.6. The zero-order valence-electron chi connectivity index (χ0n) is 14.5. The average Bonchev–Trinajstić information content (AvgIpc) is 2.68. The van der Waals surface area contributed by atoms with Gasteiger partial charge in [0, 0.05) is 36.9 Å². The standard InChI is InChI=1S/C21H23N3O/c1-2-24(17-9-4-3-5-10-17)16-8-14-23-21(25)19-13-15-22-20-12-7-6-11-18(19)20/h3-7,9-13,15H,2,8,14,16H2,1H3,(H,23,25). The molecule has 1 N–H and O–H groups in total. The number of pyridine rings is 1. The minimum absolute atomic E-state index is 0.0404. The van der Waals surface area contributed by atoms with Crippen molar-refractivity contribution in [2.45, 2.75) is 13.3 Å². The van der Waals surface area contributed by atoms with Gasteiger partial charge in [0.15, 0.2) is 0 Å². The van der Waals surface area contributed by atoms with Crippen molar-refractivity contribution in [2.75, 3.05) is 24.5 Å². The second-order valence-corrected chi connectivity index (χ2v) is 5.90. The first-order valence-corrected chi connectivity index (χ1v) is 8.71. The highest BCUT2D eigenvalue weighted by Gasteiger charge is 2.10. The highest BCUT2D eigenvalue weighted by Crippen LogP contribution is 2.16. The Kier molecular flexibility index (Phi) is 5.62. The highest BCUT2D eigenvalue weighted by molar-refractivity contribution is 6.05. The van der Waals surface area contributed by atoms with Crippen LogP contribution in [0.1, 0.15) is 23.7 Å². The summed E-state index contributed by atoms with van der Waals surface area (Å²) in [6, 6.07) is 19.9. The summed E-state index contributed by atoms with van der Waals surface area (Å²) in [4.78, 5) is 19.1. The molecule has 0 saturated carbocycles. The molecule has 4 heteroatoms. The van der Waals surface area contributed by atoms with Gasteiger partial charge in [0.25, 0.3) is 5.91 Å². The predicted octanol–water partition coefficient (Wildman–Crippen LogP) is 3.88. The molecular formula is C21H23N3O. The largest absolute Gasteiger partial charge is 0.372 e. The van der Waals surface area contributed by atoms with Crippen LogP contribution in [0.5, 0.6) is 0 Å². The Labute approximate surface area is 148 Å². The molecule has 3 rings (SSSR count). The maximum Gasteiger partial charge on any atom is 0.252 e.